The summed E-state index contributed by atoms with van der Waals surface area (Å²) in [5.74, 6) is -0.115. The molecular formula is C46H65NO8. The number of hydrogen-bond acceptors (Lipinski definition) is 8. The summed E-state index contributed by atoms with van der Waals surface area (Å²) in [5.41, 5.74) is -1.78. The first-order valence-corrected chi connectivity index (χ1v) is 22.0. The van der Waals surface area contributed by atoms with Crippen molar-refractivity contribution in [1.29, 1.82) is 0 Å². The molecule has 13 atom stereocenters. The molecule has 9 heteroatoms. The first-order chi connectivity index (χ1) is 26.1. The maximum Gasteiger partial charge on any atom is 0.233 e. The van der Waals surface area contributed by atoms with Gasteiger partial charge in [0.25, 0.3) is 0 Å². The van der Waals surface area contributed by atoms with Crippen LogP contribution in [0.15, 0.2) is 29.8 Å². The van der Waals surface area contributed by atoms with E-state index in [-0.39, 0.29) is 64.7 Å². The molecule has 0 radical (unpaired) electrons. The molecule has 1 aromatic rings. The first kappa shape index (κ1) is 38.2. The molecule has 1 amide bonds. The smallest absolute Gasteiger partial charge is 0.233 e. The molecule has 302 valence electrons. The molecule has 55 heavy (non-hydrogen) atoms. The minimum atomic E-state index is -1.36. The second kappa shape index (κ2) is 13.1. The van der Waals surface area contributed by atoms with Crippen LogP contribution in [-0.4, -0.2) is 79.4 Å². The number of carbonyl (C=O) groups excluding carboxylic acids is 2. The number of nitrogens with zero attached hydrogens (tertiary/aromatic N) is 1. The average molecular weight is 760 g/mol. The Labute approximate surface area is 326 Å². The van der Waals surface area contributed by atoms with Crippen molar-refractivity contribution in [3.63, 3.8) is 0 Å². The Hall–Kier alpha value is -2.30. The van der Waals surface area contributed by atoms with Gasteiger partial charge in [-0.25, -0.2) is 0 Å². The fourth-order valence-corrected chi connectivity index (χ4v) is 14.7. The molecular weight excluding hydrogens is 695 g/mol. The third-order valence-electron chi connectivity index (χ3n) is 17.8. The number of aliphatic hydroxyl groups is 4. The summed E-state index contributed by atoms with van der Waals surface area (Å²) in [4.78, 5) is 30.2. The molecule has 13 unspecified atom stereocenters. The van der Waals surface area contributed by atoms with Gasteiger partial charge in [0.15, 0.2) is 5.78 Å². The van der Waals surface area contributed by atoms with Crippen LogP contribution < -0.4 is 4.90 Å². The Morgan fingerprint density at radius 1 is 0.945 bits per heavy atom. The predicted molar refractivity (Wildman–Crippen MR) is 208 cm³/mol. The monoisotopic (exact) mass is 759 g/mol. The van der Waals surface area contributed by atoms with Gasteiger partial charge < -0.3 is 35.2 Å². The lowest BCUT2D eigenvalue weighted by Gasteiger charge is -2.65. The van der Waals surface area contributed by atoms with Crippen LogP contribution in [0.2, 0.25) is 0 Å². The number of phenolic OH excluding ortho intramolecular Hbond substituents is 1. The Morgan fingerprint density at radius 3 is 2.45 bits per heavy atom. The number of rotatable bonds is 8. The number of aliphatic hydroxyl groups excluding tert-OH is 2. The molecule has 0 aromatic heterocycles. The van der Waals surface area contributed by atoms with Gasteiger partial charge in [-0.05, 0) is 148 Å². The highest BCUT2D eigenvalue weighted by Crippen LogP contribution is 2.72. The topological polar surface area (TPSA) is 151 Å². The molecule has 5 saturated carbocycles. The van der Waals surface area contributed by atoms with Crippen LogP contribution in [0.25, 0.3) is 0 Å². The number of carbonyl (C=O) groups is 2. The average Bonchev–Trinajstić information content (AvgIpc) is 3.82. The highest BCUT2D eigenvalue weighted by atomic mass is 16.6. The third kappa shape index (κ3) is 5.48. The quantitative estimate of drug-likeness (QED) is 0.191. The zero-order valence-corrected chi connectivity index (χ0v) is 33.5. The number of anilines is 1. The van der Waals surface area contributed by atoms with Crippen LogP contribution in [0.4, 0.5) is 5.69 Å². The predicted octanol–water partition coefficient (Wildman–Crippen LogP) is 6.40. The molecule has 1 aromatic carbocycles. The molecule has 2 bridgehead atoms. The summed E-state index contributed by atoms with van der Waals surface area (Å²) < 4.78 is 6.33. The molecule has 1 spiro atoms. The van der Waals surface area contributed by atoms with Gasteiger partial charge in [-0.2, -0.15) is 0 Å². The number of phenols is 1. The molecule has 6 aliphatic carbocycles. The van der Waals surface area contributed by atoms with E-state index in [1.807, 2.05) is 17.9 Å². The summed E-state index contributed by atoms with van der Waals surface area (Å²) >= 11 is 0. The van der Waals surface area contributed by atoms with Crippen molar-refractivity contribution < 1.29 is 39.9 Å². The van der Waals surface area contributed by atoms with E-state index in [4.69, 9.17) is 4.74 Å². The lowest BCUT2D eigenvalue weighted by Crippen LogP contribution is -2.66. The summed E-state index contributed by atoms with van der Waals surface area (Å²) in [6.07, 6.45) is 11.8. The van der Waals surface area contributed by atoms with Crippen LogP contribution in [0.3, 0.4) is 0 Å². The fraction of sp³-hybridized carbons (Fsp3) is 0.783. The van der Waals surface area contributed by atoms with Crippen molar-refractivity contribution in [3.8, 4) is 5.75 Å². The Balaban J connectivity index is 1.08. The highest BCUT2D eigenvalue weighted by molar-refractivity contribution is 6.00. The lowest BCUT2D eigenvalue weighted by atomic mass is 9.40. The summed E-state index contributed by atoms with van der Waals surface area (Å²) in [6, 6.07) is 5.52. The molecule has 9 rings (SSSR count). The number of benzene rings is 1. The number of ketones is 1. The molecule has 8 aliphatic rings. The summed E-state index contributed by atoms with van der Waals surface area (Å²) in [6.45, 7) is 9.09. The minimum Gasteiger partial charge on any atom is -0.508 e. The number of epoxide rings is 1. The molecule has 9 nitrogen and oxygen atoms in total. The number of allylic oxidation sites excluding steroid dienone is 1. The third-order valence-corrected chi connectivity index (χ3v) is 17.8. The highest BCUT2D eigenvalue weighted by Gasteiger charge is 2.73. The van der Waals surface area contributed by atoms with Crippen molar-refractivity contribution in [1.82, 2.24) is 0 Å². The second-order valence-corrected chi connectivity index (χ2v) is 20.5. The van der Waals surface area contributed by atoms with E-state index in [0.717, 1.165) is 74.6 Å². The number of hydrogen-bond donors (Lipinski definition) is 5. The molecule has 5 N–H and O–H groups in total. The van der Waals surface area contributed by atoms with E-state index >= 15 is 0 Å². The van der Waals surface area contributed by atoms with Gasteiger partial charge >= 0.3 is 0 Å². The van der Waals surface area contributed by atoms with Crippen LogP contribution in [0.1, 0.15) is 130 Å². The summed E-state index contributed by atoms with van der Waals surface area (Å²) in [5, 5.41) is 59.6. The first-order valence-electron chi connectivity index (χ1n) is 22.0. The van der Waals surface area contributed by atoms with Gasteiger partial charge in [-0.1, -0.05) is 46.5 Å². The van der Waals surface area contributed by atoms with Gasteiger partial charge in [0, 0.05) is 29.6 Å². The number of amides is 1. The molecule has 2 heterocycles. The second-order valence-electron chi connectivity index (χ2n) is 20.5. The van der Waals surface area contributed by atoms with Crippen LogP contribution in [0.5, 0.6) is 5.75 Å². The Bertz CT molecular complexity index is 1750. The van der Waals surface area contributed by atoms with Gasteiger partial charge in [-0.3, -0.25) is 9.59 Å². The molecule has 2 saturated heterocycles. The zero-order chi connectivity index (χ0) is 38.9. The summed E-state index contributed by atoms with van der Waals surface area (Å²) in [7, 11) is 0. The largest absolute Gasteiger partial charge is 0.508 e. The van der Waals surface area contributed by atoms with Crippen molar-refractivity contribution in [2.75, 3.05) is 11.4 Å². The number of fused-ring (bicyclic) bond motifs is 3. The van der Waals surface area contributed by atoms with Gasteiger partial charge in [0.05, 0.1) is 34.9 Å². The van der Waals surface area contributed by atoms with E-state index in [2.05, 4.69) is 20.8 Å². The molecule has 7 fully saturated rings. The van der Waals surface area contributed by atoms with E-state index in [9.17, 15) is 35.1 Å². The van der Waals surface area contributed by atoms with E-state index in [1.54, 1.807) is 18.2 Å². The normalized spacial score (nSPS) is 43.4. The van der Waals surface area contributed by atoms with E-state index in [1.165, 1.54) is 6.42 Å². The van der Waals surface area contributed by atoms with Gasteiger partial charge in [-0.15, -0.1) is 0 Å². The van der Waals surface area contributed by atoms with Crippen LogP contribution in [-0.2, 0) is 20.7 Å². The SMILES string of the molecule is CC(C)C(C)C1OC1C(C)(O)C1CCC2(O)C3=CC(=O)C4C5CCCC4(CC(O)C5O)C3CCC12CCc1cc(O)cc(N2CCC3(CCCCC3)C2=O)c1. The van der Waals surface area contributed by atoms with Crippen molar-refractivity contribution >= 4 is 17.4 Å². The number of ether oxygens (including phenoxy) is 1. The fourth-order valence-electron chi connectivity index (χ4n) is 14.7. The Morgan fingerprint density at radius 2 is 1.71 bits per heavy atom. The van der Waals surface area contributed by atoms with Gasteiger partial charge in [0.1, 0.15) is 11.9 Å². The van der Waals surface area contributed by atoms with E-state index < -0.39 is 34.2 Å². The maximum absolute atomic E-state index is 14.4. The van der Waals surface area contributed by atoms with Crippen molar-refractivity contribution in [2.45, 2.75) is 166 Å². The standard InChI is InChI=1S/C46H65NO8/c1-26(2)27(3)39-40(55-39)42(4,53)36-12-18-46(54)33-24-34(49)37-31-9-8-15-44(37,25-35(50)38(31)51)32(33)11-17-45(36,46)16-10-28-21-29(23-30(48)22-28)47-20-19-43(41(47)52)13-6-5-7-14-43/h21-24,26-27,31-32,35-40,48,50-51,53-54H,5-20,25H2,1-4H3. The lowest BCUT2D eigenvalue weighted by molar-refractivity contribution is -0.194. The maximum atomic E-state index is 14.4. The number of aryl methyl sites for hydroxylation is 1. The van der Waals surface area contributed by atoms with Gasteiger partial charge in [0.2, 0.25) is 5.91 Å². The van der Waals surface area contributed by atoms with Crippen LogP contribution >= 0.6 is 0 Å². The minimum absolute atomic E-state index is 0.0266. The number of aromatic hydroxyl groups is 1. The van der Waals surface area contributed by atoms with E-state index in [0.29, 0.717) is 51.0 Å². The van der Waals surface area contributed by atoms with Crippen molar-refractivity contribution in [3.05, 3.63) is 35.4 Å². The molecule has 2 aliphatic heterocycles. The van der Waals surface area contributed by atoms with Crippen LogP contribution in [0, 0.1) is 51.8 Å². The van der Waals surface area contributed by atoms with Crippen molar-refractivity contribution in [2.24, 2.45) is 51.8 Å². The zero-order valence-electron chi connectivity index (χ0n) is 33.5. The Kier molecular flexibility index (Phi) is 9.11.